The SMILES string of the molecule is [B]CN1CC[C@@]23CCCCC2[C@@H]1Cc1ccc(OC)cc13. The van der Waals surface area contributed by atoms with Crippen LogP contribution in [0.25, 0.3) is 0 Å². The average molecular weight is 281 g/mol. The monoisotopic (exact) mass is 281 g/mol. The highest BCUT2D eigenvalue weighted by molar-refractivity contribution is 6.08. The van der Waals surface area contributed by atoms with E-state index in [1.54, 1.807) is 12.7 Å². The number of ether oxygens (including phenoxy) is 1. The van der Waals surface area contributed by atoms with E-state index in [-0.39, 0.29) is 0 Å². The van der Waals surface area contributed by atoms with Gasteiger partial charge in [0.2, 0.25) is 0 Å². The maximum Gasteiger partial charge on any atom is 0.119 e. The van der Waals surface area contributed by atoms with Crippen LogP contribution in [0.1, 0.15) is 43.2 Å². The molecule has 1 unspecified atom stereocenters. The van der Waals surface area contributed by atoms with Crippen molar-refractivity contribution in [3.05, 3.63) is 29.3 Å². The second kappa shape index (κ2) is 5.05. The Kier molecular flexibility index (Phi) is 3.29. The van der Waals surface area contributed by atoms with Crippen molar-refractivity contribution in [1.82, 2.24) is 4.90 Å². The molecule has 2 nitrogen and oxygen atoms in total. The van der Waals surface area contributed by atoms with Crippen molar-refractivity contribution < 1.29 is 4.74 Å². The lowest BCUT2D eigenvalue weighted by atomic mass is 9.52. The second-order valence-electron chi connectivity index (χ2n) is 7.05. The molecule has 21 heavy (non-hydrogen) atoms. The molecule has 0 spiro atoms. The first kappa shape index (κ1) is 13.7. The van der Waals surface area contributed by atoms with E-state index >= 15 is 0 Å². The largest absolute Gasteiger partial charge is 0.497 e. The maximum atomic E-state index is 6.03. The predicted octanol–water partition coefficient (Wildman–Crippen LogP) is 2.88. The van der Waals surface area contributed by atoms with Gasteiger partial charge in [-0.05, 0) is 67.8 Å². The molecule has 1 saturated heterocycles. The van der Waals surface area contributed by atoms with Gasteiger partial charge in [0.15, 0.2) is 0 Å². The van der Waals surface area contributed by atoms with Gasteiger partial charge in [-0.2, -0.15) is 0 Å². The first-order valence-electron chi connectivity index (χ1n) is 8.40. The van der Waals surface area contributed by atoms with Crippen molar-refractivity contribution in [2.45, 2.75) is 50.0 Å². The van der Waals surface area contributed by atoms with Gasteiger partial charge in [-0.25, -0.2) is 0 Å². The molecule has 0 N–H and O–H groups in total. The number of rotatable bonds is 2. The minimum Gasteiger partial charge on any atom is -0.497 e. The fourth-order valence-electron chi connectivity index (χ4n) is 5.42. The van der Waals surface area contributed by atoms with E-state index in [0.717, 1.165) is 18.2 Å². The second-order valence-corrected chi connectivity index (χ2v) is 7.05. The summed E-state index contributed by atoms with van der Waals surface area (Å²) in [4.78, 5) is 2.53. The molecule has 110 valence electrons. The zero-order chi connectivity index (χ0) is 14.4. The van der Waals surface area contributed by atoms with Crippen molar-refractivity contribution >= 4 is 7.85 Å². The minimum absolute atomic E-state index is 0.400. The Morgan fingerprint density at radius 1 is 1.33 bits per heavy atom. The van der Waals surface area contributed by atoms with Crippen molar-refractivity contribution in [3.63, 3.8) is 0 Å². The molecule has 1 aliphatic heterocycles. The van der Waals surface area contributed by atoms with E-state index in [9.17, 15) is 0 Å². The Bertz CT molecular complexity index is 546. The third-order valence-corrected chi connectivity index (χ3v) is 6.39. The fourth-order valence-corrected chi connectivity index (χ4v) is 5.42. The predicted molar refractivity (Wildman–Crippen MR) is 86.1 cm³/mol. The topological polar surface area (TPSA) is 12.5 Å². The summed E-state index contributed by atoms with van der Waals surface area (Å²) < 4.78 is 5.51. The molecule has 1 heterocycles. The summed E-state index contributed by atoms with van der Waals surface area (Å²) in [7, 11) is 7.81. The number of methoxy groups -OCH3 is 1. The average Bonchev–Trinajstić information content (AvgIpc) is 2.54. The zero-order valence-electron chi connectivity index (χ0n) is 13.0. The van der Waals surface area contributed by atoms with E-state index in [0.29, 0.717) is 17.9 Å². The molecule has 0 aromatic heterocycles. The van der Waals surface area contributed by atoms with Gasteiger partial charge in [0.05, 0.1) is 15.0 Å². The van der Waals surface area contributed by atoms with Crippen LogP contribution in [0.3, 0.4) is 0 Å². The zero-order valence-corrected chi connectivity index (χ0v) is 13.0. The Balaban J connectivity index is 1.85. The molecule has 1 aromatic rings. The van der Waals surface area contributed by atoms with Crippen LogP contribution in [0.5, 0.6) is 5.75 Å². The third-order valence-electron chi connectivity index (χ3n) is 6.39. The van der Waals surface area contributed by atoms with Crippen LogP contribution in [0, 0.1) is 5.92 Å². The van der Waals surface area contributed by atoms with Gasteiger partial charge in [-0.3, -0.25) is 0 Å². The molecular formula is C18H24BNO. The van der Waals surface area contributed by atoms with E-state index in [4.69, 9.17) is 12.6 Å². The quantitative estimate of drug-likeness (QED) is 0.773. The standard InChI is InChI=1S/C18H24BNO/c1-21-14-6-5-13-10-17-15-4-2-3-7-18(15,16(13)11-14)8-9-20(17)12-19/h5-6,11,15,17H,2-4,7-10,12H2,1H3/t15?,17-,18-/m0/s1. The summed E-state index contributed by atoms with van der Waals surface area (Å²) in [5, 5.41) is 0. The highest BCUT2D eigenvalue weighted by Crippen LogP contribution is 2.56. The molecule has 4 rings (SSSR count). The lowest BCUT2D eigenvalue weighted by Gasteiger charge is -2.59. The number of hydrogen-bond donors (Lipinski definition) is 0. The number of benzene rings is 1. The first-order chi connectivity index (χ1) is 10.3. The van der Waals surface area contributed by atoms with Gasteiger partial charge in [-0.15, -0.1) is 0 Å². The van der Waals surface area contributed by atoms with Crippen LogP contribution in [0.15, 0.2) is 18.2 Å². The van der Waals surface area contributed by atoms with Gasteiger partial charge >= 0.3 is 0 Å². The van der Waals surface area contributed by atoms with Crippen LogP contribution >= 0.6 is 0 Å². The molecule has 1 aromatic carbocycles. The van der Waals surface area contributed by atoms with Gasteiger partial charge in [0.25, 0.3) is 0 Å². The number of hydrogen-bond acceptors (Lipinski definition) is 2. The summed E-state index contributed by atoms with van der Waals surface area (Å²) in [5.41, 5.74) is 3.54. The van der Waals surface area contributed by atoms with Gasteiger partial charge in [0, 0.05) is 11.5 Å². The third kappa shape index (κ3) is 1.89. The van der Waals surface area contributed by atoms with Crippen molar-refractivity contribution in [1.29, 1.82) is 0 Å². The van der Waals surface area contributed by atoms with E-state index in [1.165, 1.54) is 44.1 Å². The minimum atomic E-state index is 0.400. The van der Waals surface area contributed by atoms with Crippen molar-refractivity contribution in [2.75, 3.05) is 20.1 Å². The van der Waals surface area contributed by atoms with Crippen LogP contribution < -0.4 is 4.74 Å². The van der Waals surface area contributed by atoms with E-state index in [1.807, 2.05) is 0 Å². The highest BCUT2D eigenvalue weighted by Gasteiger charge is 2.53. The van der Waals surface area contributed by atoms with Crippen LogP contribution in [0.2, 0.25) is 0 Å². The molecule has 2 fully saturated rings. The maximum absolute atomic E-state index is 6.03. The summed E-state index contributed by atoms with van der Waals surface area (Å²) in [6, 6.07) is 7.42. The van der Waals surface area contributed by atoms with Gasteiger partial charge < -0.3 is 9.64 Å². The van der Waals surface area contributed by atoms with Crippen LogP contribution in [0.4, 0.5) is 0 Å². The summed E-state index contributed by atoms with van der Waals surface area (Å²) in [6.07, 6.45) is 8.64. The summed E-state index contributed by atoms with van der Waals surface area (Å²) in [6.45, 7) is 1.16. The lowest BCUT2D eigenvalue weighted by molar-refractivity contribution is -0.00163. The van der Waals surface area contributed by atoms with Gasteiger partial charge in [-0.1, -0.05) is 18.9 Å². The molecule has 3 heteroatoms. The summed E-state index contributed by atoms with van der Waals surface area (Å²) in [5.74, 6) is 1.82. The smallest absolute Gasteiger partial charge is 0.119 e. The fraction of sp³-hybridized carbons (Fsp3) is 0.667. The van der Waals surface area contributed by atoms with Crippen molar-refractivity contribution in [2.24, 2.45) is 5.92 Å². The molecule has 3 aliphatic rings. The van der Waals surface area contributed by atoms with Crippen LogP contribution in [-0.2, 0) is 11.8 Å². The van der Waals surface area contributed by atoms with E-state index < -0.39 is 0 Å². The molecule has 2 radical (unpaired) electrons. The Hall–Kier alpha value is -0.955. The number of likely N-dealkylation sites (tertiary alicyclic amines) is 1. The van der Waals surface area contributed by atoms with Gasteiger partial charge in [0.1, 0.15) is 5.75 Å². The number of nitrogens with zero attached hydrogens (tertiary/aromatic N) is 1. The highest BCUT2D eigenvalue weighted by atomic mass is 16.5. The molecule has 3 atom stereocenters. The molecule has 0 amide bonds. The normalized spacial score (nSPS) is 34.9. The van der Waals surface area contributed by atoms with Crippen LogP contribution in [-0.4, -0.2) is 38.9 Å². The lowest BCUT2D eigenvalue weighted by Crippen LogP contribution is -2.61. The Morgan fingerprint density at radius 2 is 2.24 bits per heavy atom. The molecule has 2 bridgehead atoms. The number of piperidine rings is 1. The van der Waals surface area contributed by atoms with E-state index in [2.05, 4.69) is 23.1 Å². The molecule has 1 saturated carbocycles. The Morgan fingerprint density at radius 3 is 3.05 bits per heavy atom. The Labute approximate surface area is 129 Å². The molecule has 2 aliphatic carbocycles. The summed E-state index contributed by atoms with van der Waals surface area (Å²) >= 11 is 0. The van der Waals surface area contributed by atoms with Crippen molar-refractivity contribution in [3.8, 4) is 5.75 Å². The number of fused-ring (bicyclic) bond motifs is 1. The molecular weight excluding hydrogens is 257 g/mol. The first-order valence-corrected chi connectivity index (χ1v) is 8.40.